The largest absolute Gasteiger partial charge is 1.00 e. The first-order chi connectivity index (χ1) is 17.6. The van der Waals surface area contributed by atoms with Crippen molar-refractivity contribution in [1.82, 2.24) is 14.1 Å². The van der Waals surface area contributed by atoms with Crippen LogP contribution in [0.1, 0.15) is 46.9 Å². The minimum atomic E-state index is -2.76. The molecule has 1 aliphatic rings. The molecule has 2 aromatic heterocycles. The van der Waals surface area contributed by atoms with Crippen LogP contribution in [0.5, 0.6) is 0 Å². The van der Waals surface area contributed by atoms with Crippen LogP contribution in [0.2, 0.25) is 0 Å². The molecule has 2 aromatic carbocycles. The first-order valence-electron chi connectivity index (χ1n) is 11.8. The quantitative estimate of drug-likeness (QED) is 0.379. The number of anilines is 2. The van der Waals surface area contributed by atoms with Gasteiger partial charge in [0.2, 0.25) is 0 Å². The zero-order valence-electron chi connectivity index (χ0n) is 21.7. The molecule has 0 atom stereocenters. The van der Waals surface area contributed by atoms with Gasteiger partial charge in [0.05, 0.1) is 22.7 Å². The summed E-state index contributed by atoms with van der Waals surface area (Å²) in [5.41, 5.74) is 5.64. The van der Waals surface area contributed by atoms with Gasteiger partial charge in [0.1, 0.15) is 0 Å². The molecule has 0 fully saturated rings. The third-order valence-electron chi connectivity index (χ3n) is 7.00. The number of hydrogen-bond donors (Lipinski definition) is 0. The number of carboxylic acid groups (broad SMARTS) is 1. The molecular weight excluding hydrogens is 485 g/mol. The Hall–Kier alpha value is -3.67. The van der Waals surface area contributed by atoms with Crippen molar-refractivity contribution in [3.63, 3.8) is 0 Å². The van der Waals surface area contributed by atoms with Gasteiger partial charge in [-0.05, 0) is 66.8 Å². The molecule has 0 saturated heterocycles. The number of benzene rings is 2. The van der Waals surface area contributed by atoms with E-state index in [2.05, 4.69) is 11.6 Å². The number of halogens is 2. The van der Waals surface area contributed by atoms with Crippen LogP contribution < -0.4 is 34.6 Å². The van der Waals surface area contributed by atoms with Crippen LogP contribution in [0.3, 0.4) is 0 Å². The number of allylic oxidation sites excluding steroid dienone is 1. The normalized spacial score (nSPS) is 12.9. The number of pyridine rings is 1. The van der Waals surface area contributed by atoms with Gasteiger partial charge in [-0.3, -0.25) is 14.1 Å². The fourth-order valence-corrected chi connectivity index (χ4v) is 5.14. The number of fused-ring (bicyclic) bond motifs is 2. The Bertz CT molecular complexity index is 1640. The summed E-state index contributed by atoms with van der Waals surface area (Å²) in [5.74, 6) is -1.43. The Kier molecular flexibility index (Phi) is 7.37. The summed E-state index contributed by atoms with van der Waals surface area (Å²) in [4.78, 5) is 29.6. The van der Waals surface area contributed by atoms with E-state index in [4.69, 9.17) is 0 Å². The van der Waals surface area contributed by atoms with Crippen molar-refractivity contribution in [2.75, 3.05) is 11.4 Å². The second kappa shape index (κ2) is 10.2. The second-order valence-electron chi connectivity index (χ2n) is 9.39. The first kappa shape index (κ1) is 27.4. The number of rotatable bonds is 5. The Labute approximate surface area is 230 Å². The minimum Gasteiger partial charge on any atom is -0.543 e. The average molecular weight is 510 g/mol. The van der Waals surface area contributed by atoms with Crippen molar-refractivity contribution in [2.45, 2.75) is 26.2 Å². The fraction of sp³-hybridized carbons (Fsp3) is 0.250. The van der Waals surface area contributed by atoms with E-state index in [9.17, 15) is 23.5 Å². The van der Waals surface area contributed by atoms with Crippen LogP contribution in [-0.2, 0) is 20.5 Å². The van der Waals surface area contributed by atoms with E-state index in [0.717, 1.165) is 39.8 Å². The summed E-state index contributed by atoms with van der Waals surface area (Å²) >= 11 is 0. The number of alkyl halides is 2. The molecule has 10 heteroatoms. The molecule has 3 heterocycles. The number of nitrogens with zero attached hydrogens (tertiary/aromatic N) is 4. The van der Waals surface area contributed by atoms with Crippen molar-refractivity contribution >= 4 is 34.0 Å². The monoisotopic (exact) mass is 510 g/mol. The van der Waals surface area contributed by atoms with Crippen LogP contribution in [0.4, 0.5) is 20.2 Å². The smallest absolute Gasteiger partial charge is 0.543 e. The van der Waals surface area contributed by atoms with Gasteiger partial charge < -0.3 is 14.8 Å². The van der Waals surface area contributed by atoms with E-state index < -0.39 is 12.4 Å². The molecule has 4 aromatic rings. The van der Waals surface area contributed by atoms with Crippen LogP contribution in [0.25, 0.3) is 27.7 Å². The number of hydrogen-bond acceptors (Lipinski definition) is 5. The maximum atomic E-state index is 14.3. The number of carboxylic acids is 1. The van der Waals surface area contributed by atoms with E-state index in [1.54, 1.807) is 29.3 Å². The molecule has 5 rings (SSSR count). The van der Waals surface area contributed by atoms with Gasteiger partial charge in [-0.1, -0.05) is 12.6 Å². The molecule has 1 aliphatic heterocycles. The average Bonchev–Trinajstić information content (AvgIpc) is 3.10. The number of aromatic carboxylic acids is 1. The third-order valence-corrected chi connectivity index (χ3v) is 7.00. The van der Waals surface area contributed by atoms with E-state index >= 15 is 0 Å². The van der Waals surface area contributed by atoms with Crippen molar-refractivity contribution in [3.05, 3.63) is 82.0 Å². The van der Waals surface area contributed by atoms with E-state index in [-0.39, 0.29) is 35.8 Å². The molecule has 0 saturated carbocycles. The van der Waals surface area contributed by atoms with Gasteiger partial charge in [0.15, 0.2) is 0 Å². The van der Waals surface area contributed by atoms with Crippen LogP contribution in [0, 0.1) is 0 Å². The second-order valence-corrected chi connectivity index (χ2v) is 9.39. The summed E-state index contributed by atoms with van der Waals surface area (Å²) in [5, 5.41) is 11.1. The molecule has 38 heavy (non-hydrogen) atoms. The molecule has 0 aliphatic carbocycles. The summed E-state index contributed by atoms with van der Waals surface area (Å²) in [6.07, 6.45) is 0.0267. The van der Waals surface area contributed by atoms with Crippen LogP contribution >= 0.6 is 0 Å². The van der Waals surface area contributed by atoms with Crippen molar-refractivity contribution in [1.29, 1.82) is 0 Å². The van der Waals surface area contributed by atoms with Gasteiger partial charge in [-0.2, -0.15) is 0 Å². The Morgan fingerprint density at radius 3 is 2.47 bits per heavy atom. The predicted molar refractivity (Wildman–Crippen MR) is 137 cm³/mol. The zero-order chi connectivity index (χ0) is 26.6. The van der Waals surface area contributed by atoms with Crippen molar-refractivity contribution in [2.24, 2.45) is 14.1 Å². The zero-order valence-corrected chi connectivity index (χ0v) is 21.7. The Morgan fingerprint density at radius 2 is 1.87 bits per heavy atom. The Balaban J connectivity index is 0.00000336. The topological polar surface area (TPSA) is 83.2 Å². The minimum absolute atomic E-state index is 0. The van der Waals surface area contributed by atoms with Gasteiger partial charge in [0, 0.05) is 54.9 Å². The number of carbonyl (C=O) groups excluding carboxylic acids is 1. The molecule has 0 radical (unpaired) electrons. The number of aryl methyl sites for hydroxylation is 3. The predicted octanol–water partition coefficient (Wildman–Crippen LogP) is 1.36. The number of aromatic nitrogens is 3. The first-order valence-corrected chi connectivity index (χ1v) is 11.8. The molecule has 0 amide bonds. The van der Waals surface area contributed by atoms with Crippen molar-refractivity contribution < 1.29 is 37.5 Å². The van der Waals surface area contributed by atoms with Gasteiger partial charge >= 0.3 is 24.6 Å². The molecule has 7 nitrogen and oxygen atoms in total. The molecule has 0 spiro atoms. The number of carbonyl (C=O) groups is 1. The maximum absolute atomic E-state index is 14.3. The summed E-state index contributed by atoms with van der Waals surface area (Å²) < 4.78 is 31.8. The van der Waals surface area contributed by atoms with Crippen LogP contribution in [-0.4, -0.2) is 26.6 Å². The van der Waals surface area contributed by atoms with Gasteiger partial charge in [-0.25, -0.2) is 13.6 Å². The summed E-state index contributed by atoms with van der Waals surface area (Å²) in [7, 11) is 3.43. The van der Waals surface area contributed by atoms with Gasteiger partial charge in [0.25, 0.3) is 6.43 Å². The fourth-order valence-electron chi connectivity index (χ4n) is 5.14. The van der Waals surface area contributed by atoms with E-state index in [0.29, 0.717) is 29.8 Å². The number of imidazole rings is 1. The SMILES string of the molecule is C=C(C)c1cc(N2CCCc3cc(-c4ccc(C(=O)[O-])nc4)c(C(F)F)cc32)cc2c1n(C)c(=O)n2C.[Li+]. The molecule has 0 bridgehead atoms. The third kappa shape index (κ3) is 4.46. The standard InChI is InChI=1S/C28H26F2N4O3.Li/c1-15(2)19-11-18(12-24-25(19)33(4)28(37)32(24)3)34-9-5-6-16-10-20(21(26(29)30)13-23(16)34)17-7-8-22(27(35)36)31-14-17;/h7-8,10-14,26H,1,5-6,9H2,2-4H3,(H,35,36);/q;+1/p-1. The van der Waals surface area contributed by atoms with E-state index in [1.165, 1.54) is 24.4 Å². The molecule has 0 N–H and O–H groups in total. The molecular formula is C28H25F2LiN4O3. The van der Waals surface area contributed by atoms with Crippen molar-refractivity contribution in [3.8, 4) is 11.1 Å². The molecule has 0 unspecified atom stereocenters. The summed E-state index contributed by atoms with van der Waals surface area (Å²) in [6, 6.07) is 9.85. The molecule has 190 valence electrons. The Morgan fingerprint density at radius 1 is 1.13 bits per heavy atom. The van der Waals surface area contributed by atoms with Gasteiger partial charge in [-0.15, -0.1) is 0 Å². The van der Waals surface area contributed by atoms with E-state index in [1.807, 2.05) is 24.0 Å². The van der Waals surface area contributed by atoms with Crippen LogP contribution in [0.15, 0.2) is 54.0 Å². The maximum Gasteiger partial charge on any atom is 1.00 e. The summed E-state index contributed by atoms with van der Waals surface area (Å²) in [6.45, 7) is 6.60.